The second kappa shape index (κ2) is 29.2. The summed E-state index contributed by atoms with van der Waals surface area (Å²) in [5.74, 6) is -3.32. The van der Waals surface area contributed by atoms with Crippen LogP contribution < -0.4 is 149 Å². The van der Waals surface area contributed by atoms with Crippen LogP contribution in [0.3, 0.4) is 0 Å². The van der Waals surface area contributed by atoms with Gasteiger partial charge < -0.3 is 44.7 Å². The first-order chi connectivity index (χ1) is 29.5. The van der Waals surface area contributed by atoms with E-state index >= 15 is 0 Å². The van der Waals surface area contributed by atoms with E-state index in [1.165, 1.54) is 6.92 Å². The third-order valence-electron chi connectivity index (χ3n) is 7.99. The molecule has 0 aromatic heterocycles. The van der Waals surface area contributed by atoms with Crippen molar-refractivity contribution in [3.05, 3.63) is 42.0 Å². The summed E-state index contributed by atoms with van der Waals surface area (Å²) in [6.45, 7) is -0.144. The van der Waals surface area contributed by atoms with Crippen LogP contribution in [0.25, 0.3) is 10.8 Å². The molecule has 37 heteroatoms. The first-order valence-electron chi connectivity index (χ1n) is 16.3. The summed E-state index contributed by atoms with van der Waals surface area (Å²) in [6.07, 6.45) is 0. The second-order valence-corrected chi connectivity index (χ2v) is 19.5. The van der Waals surface area contributed by atoms with E-state index < -0.39 is 113 Å². The normalized spacial score (nSPS) is 12.0. The summed E-state index contributed by atoms with van der Waals surface area (Å²) in [5, 5.41) is 53.6. The quantitative estimate of drug-likeness (QED) is 0.00801. The molecule has 0 unspecified atom stereocenters. The molecule has 4 aromatic carbocycles. The molecule has 0 atom stereocenters. The van der Waals surface area contributed by atoms with E-state index in [1.54, 1.807) is 0 Å². The molecule has 27 nitrogen and oxygen atoms in total. The maximum atomic E-state index is 13.1. The van der Waals surface area contributed by atoms with Crippen LogP contribution in [0.4, 0.5) is 28.4 Å². The van der Waals surface area contributed by atoms with E-state index in [0.717, 1.165) is 51.7 Å². The van der Waals surface area contributed by atoms with Gasteiger partial charge in [0.05, 0.1) is 83.9 Å². The molecule has 0 radical (unpaired) electrons. The Bertz CT molecular complexity index is 2880. The fourth-order valence-electron chi connectivity index (χ4n) is 5.30. The fraction of sp³-hybridized carbons (Fsp3) is 0.267. The minimum atomic E-state index is -5.46. The van der Waals surface area contributed by atoms with E-state index in [9.17, 15) is 58.4 Å². The number of benzene rings is 4. The SMILES string of the molecule is COc1cc(S(=O)(=O)CCOS(=O)(=O)[O-])c(C)cc1N=Nc1cc(S(=O)(=O)[O-])c2cc(SOO[O-])c(N=Nc3cc(OC)c(S(=O)(=O)CCOSOO[O-])cc3OC)c(O)c2c1N.[Na+].[Na+].[Na+].[Na+]. The number of nitrogens with zero attached hydrogens (tertiary/aromatic N) is 4. The predicted molar refractivity (Wildman–Crippen MR) is 207 cm³/mol. The van der Waals surface area contributed by atoms with Gasteiger partial charge in [0.2, 0.25) is 10.4 Å². The van der Waals surface area contributed by atoms with Crippen LogP contribution >= 0.6 is 24.4 Å². The molecule has 4 rings (SSSR count). The number of phenolic OH excluding ortho intramolecular Hbond substituents is 1. The van der Waals surface area contributed by atoms with Crippen LogP contribution in [0.15, 0.2) is 76.4 Å². The largest absolute Gasteiger partial charge is 1.00 e. The van der Waals surface area contributed by atoms with Crippen molar-refractivity contribution >= 4 is 104 Å². The van der Waals surface area contributed by atoms with Gasteiger partial charge in [-0.25, -0.2) is 33.7 Å². The molecule has 4 aromatic rings. The van der Waals surface area contributed by atoms with Crippen LogP contribution in [0.5, 0.6) is 23.0 Å². The predicted octanol–water partition coefficient (Wildman–Crippen LogP) is -9.73. The zero-order valence-electron chi connectivity index (χ0n) is 36.1. The average molecular weight is 1100 g/mol. The topological polar surface area (TPSA) is 408 Å². The van der Waals surface area contributed by atoms with Gasteiger partial charge in [-0.05, 0) is 30.7 Å². The molecule has 0 bridgehead atoms. The maximum absolute atomic E-state index is 13.1. The zero-order chi connectivity index (χ0) is 46.9. The van der Waals surface area contributed by atoms with E-state index in [2.05, 4.69) is 43.4 Å². The smallest absolute Gasteiger partial charge is 0.744 e. The van der Waals surface area contributed by atoms with Gasteiger partial charge in [-0.15, -0.1) is 24.8 Å². The van der Waals surface area contributed by atoms with Gasteiger partial charge in [0.15, 0.2) is 37.7 Å². The Hall–Kier alpha value is -0.560. The third kappa shape index (κ3) is 17.9. The summed E-state index contributed by atoms with van der Waals surface area (Å²) < 4.78 is 155. The van der Waals surface area contributed by atoms with Crippen LogP contribution in [-0.4, -0.2) is 93.9 Å². The molecule has 0 heterocycles. The van der Waals surface area contributed by atoms with E-state index in [4.69, 9.17) is 24.1 Å². The zero-order valence-corrected chi connectivity index (χ0v) is 49.0. The monoisotopic (exact) mass is 1090 g/mol. The molecule has 0 spiro atoms. The van der Waals surface area contributed by atoms with Crippen LogP contribution in [0.2, 0.25) is 0 Å². The second-order valence-electron chi connectivity index (χ2n) is 11.7. The molecular formula is C30H29N5Na4O22S6. The van der Waals surface area contributed by atoms with E-state index in [0.29, 0.717) is 6.07 Å². The molecule has 0 saturated heterocycles. The van der Waals surface area contributed by atoms with Crippen molar-refractivity contribution in [1.82, 2.24) is 0 Å². The van der Waals surface area contributed by atoms with Crippen LogP contribution in [-0.2, 0) is 67.3 Å². The van der Waals surface area contributed by atoms with Crippen molar-refractivity contribution in [1.29, 1.82) is 0 Å². The van der Waals surface area contributed by atoms with Crippen molar-refractivity contribution < 1.29 is 218 Å². The van der Waals surface area contributed by atoms with Gasteiger partial charge in [0.25, 0.3) is 0 Å². The number of anilines is 1. The molecule has 0 amide bonds. The Morgan fingerprint density at radius 3 is 1.73 bits per heavy atom. The number of hydrogen-bond donors (Lipinski definition) is 2. The first kappa shape index (κ1) is 66.4. The fourth-order valence-corrected chi connectivity index (χ4v) is 9.80. The number of rotatable bonds is 23. The van der Waals surface area contributed by atoms with Crippen molar-refractivity contribution in [2.45, 2.75) is 26.5 Å². The van der Waals surface area contributed by atoms with Gasteiger partial charge in [-0.2, -0.15) is 4.33 Å². The van der Waals surface area contributed by atoms with Gasteiger partial charge in [0, 0.05) is 23.6 Å². The molecule has 3 N–H and O–H groups in total. The summed E-state index contributed by atoms with van der Waals surface area (Å²) in [4.78, 5) is -2.21. The minimum Gasteiger partial charge on any atom is -0.744 e. The van der Waals surface area contributed by atoms with E-state index in [1.807, 2.05) is 0 Å². The number of aryl methyl sites for hydroxylation is 1. The molecule has 0 saturated carbocycles. The number of sulfone groups is 2. The third-order valence-corrected chi connectivity index (χ3v) is 13.8. The molecular weight excluding hydrogens is 1070 g/mol. The standard InChI is InChI=1S/C30H33N5O22S6.4Na/c1-15-9-17(20(49-2)13-24(15)60(39,40)8-6-53-63(46,47)48)32-34-19-12-25(62(43,44)45)16-10-23(58-56-54-37)29(30(36)27(16)28(19)31)35-33-18-11-22(51-4)26(14-21(18)50-3)61(41,42)7-5-52-59-57-55-38;;;;/h9-14,36-38H,5-8,31H2,1-4H3,(H,43,44,45)(H,46,47,48);;;;/q;4*+1/p-4. The summed E-state index contributed by atoms with van der Waals surface area (Å²) in [7, 11) is -15.7. The number of methoxy groups -OCH3 is 3. The number of azo groups is 2. The summed E-state index contributed by atoms with van der Waals surface area (Å²) in [6, 6.07) is 5.85. The Kier molecular flexibility index (Phi) is 29.0. The van der Waals surface area contributed by atoms with Gasteiger partial charge >= 0.3 is 118 Å². The summed E-state index contributed by atoms with van der Waals surface area (Å²) in [5.41, 5.74) is 4.27. The molecule has 0 fully saturated rings. The number of hydrogen-bond acceptors (Lipinski definition) is 29. The van der Waals surface area contributed by atoms with E-state index in [-0.39, 0.29) is 182 Å². The molecule has 0 aliphatic rings. The average Bonchev–Trinajstić information content (AvgIpc) is 3.20. The first-order valence-corrected chi connectivity index (χ1v) is 23.8. The number of nitrogens with two attached hydrogens (primary N) is 1. The summed E-state index contributed by atoms with van der Waals surface area (Å²) >= 11 is 0.168. The Labute approximate surface area is 479 Å². The van der Waals surface area contributed by atoms with Gasteiger partial charge in [0.1, 0.15) is 55.0 Å². The van der Waals surface area contributed by atoms with Crippen LogP contribution in [0, 0.1) is 6.92 Å². The number of fused-ring (bicyclic) bond motifs is 1. The Morgan fingerprint density at radius 1 is 0.657 bits per heavy atom. The molecule has 0 aliphatic carbocycles. The van der Waals surface area contributed by atoms with Crippen molar-refractivity contribution in [2.75, 3.05) is 51.8 Å². The van der Waals surface area contributed by atoms with Gasteiger partial charge in [-0.1, -0.05) is 0 Å². The number of aromatic hydroxyl groups is 1. The van der Waals surface area contributed by atoms with Crippen molar-refractivity contribution in [3.8, 4) is 23.0 Å². The number of ether oxygens (including phenoxy) is 3. The molecule has 67 heavy (non-hydrogen) atoms. The molecule has 346 valence electrons. The van der Waals surface area contributed by atoms with Crippen molar-refractivity contribution in [3.63, 3.8) is 0 Å². The number of phenols is 1. The van der Waals surface area contributed by atoms with Crippen molar-refractivity contribution in [2.24, 2.45) is 20.5 Å². The molecule has 0 aliphatic heterocycles. The minimum absolute atomic E-state index is 0. The number of nitrogen functional groups attached to an aromatic ring is 1. The Morgan fingerprint density at radius 2 is 1.18 bits per heavy atom. The van der Waals surface area contributed by atoms with Crippen LogP contribution in [0.1, 0.15) is 5.56 Å². The van der Waals surface area contributed by atoms with Gasteiger partial charge in [-0.3, -0.25) is 18.4 Å². The maximum Gasteiger partial charge on any atom is 1.00 e. The Balaban J connectivity index is 0.0000109.